The molecule has 2 unspecified atom stereocenters. The summed E-state index contributed by atoms with van der Waals surface area (Å²) in [6.07, 6.45) is 1.23. The smallest absolute Gasteiger partial charge is 0.323 e. The normalized spacial score (nSPS) is 20.5. The first-order chi connectivity index (χ1) is 8.94. The maximum atomic E-state index is 11.2. The van der Waals surface area contributed by atoms with E-state index in [-0.39, 0.29) is 6.10 Å². The van der Waals surface area contributed by atoms with Crippen molar-refractivity contribution in [2.75, 3.05) is 6.54 Å². The Morgan fingerprint density at radius 2 is 2.37 bits per heavy atom. The van der Waals surface area contributed by atoms with Crippen molar-refractivity contribution in [3.8, 4) is 5.75 Å². The van der Waals surface area contributed by atoms with Crippen LogP contribution in [-0.4, -0.2) is 29.3 Å². The Bertz CT molecular complexity index is 492. The molecule has 2 rings (SSSR count). The molecule has 1 aliphatic rings. The Morgan fingerprint density at radius 3 is 3.00 bits per heavy atom. The number of carboxylic acids is 1. The van der Waals surface area contributed by atoms with Crippen molar-refractivity contribution in [3.63, 3.8) is 0 Å². The number of carboxylic acid groups (broad SMARTS) is 1. The van der Waals surface area contributed by atoms with Crippen LogP contribution in [0, 0.1) is 0 Å². The number of nitrogens with one attached hydrogen (secondary N) is 1. The van der Waals surface area contributed by atoms with Crippen molar-refractivity contribution < 1.29 is 14.6 Å². The number of aliphatic carboxylic acids is 1. The van der Waals surface area contributed by atoms with Gasteiger partial charge in [-0.15, -0.1) is 0 Å². The molecule has 0 amide bonds. The molecule has 1 aromatic carbocycles. The molecule has 0 aliphatic carbocycles. The van der Waals surface area contributed by atoms with Gasteiger partial charge in [-0.05, 0) is 37.1 Å². The highest BCUT2D eigenvalue weighted by Crippen LogP contribution is 2.31. The predicted molar refractivity (Wildman–Crippen MR) is 73.9 cm³/mol. The third-order valence-corrected chi connectivity index (χ3v) is 3.90. The second-order valence-electron chi connectivity index (χ2n) is 5.07. The highest BCUT2D eigenvalue weighted by atomic mass is 35.5. The lowest BCUT2D eigenvalue weighted by atomic mass is 9.98. The lowest BCUT2D eigenvalue weighted by Gasteiger charge is -2.26. The SMILES string of the molecule is CCC(C)(NCC1Cc2cc(Cl)ccc2O1)C(=O)O. The molecule has 4 nitrogen and oxygen atoms in total. The van der Waals surface area contributed by atoms with Gasteiger partial charge in [0.2, 0.25) is 0 Å². The molecular formula is C14H18ClNO3. The van der Waals surface area contributed by atoms with E-state index in [0.29, 0.717) is 18.0 Å². The van der Waals surface area contributed by atoms with E-state index in [1.807, 2.05) is 19.1 Å². The molecule has 104 valence electrons. The summed E-state index contributed by atoms with van der Waals surface area (Å²) in [7, 11) is 0. The summed E-state index contributed by atoms with van der Waals surface area (Å²) in [5.74, 6) is -0.00159. The molecule has 2 N–H and O–H groups in total. The maximum Gasteiger partial charge on any atom is 0.323 e. The van der Waals surface area contributed by atoms with Gasteiger partial charge < -0.3 is 9.84 Å². The quantitative estimate of drug-likeness (QED) is 0.872. The molecular weight excluding hydrogens is 266 g/mol. The van der Waals surface area contributed by atoms with Gasteiger partial charge in [-0.2, -0.15) is 0 Å². The Hall–Kier alpha value is -1.26. The fourth-order valence-electron chi connectivity index (χ4n) is 2.09. The fourth-order valence-corrected chi connectivity index (χ4v) is 2.29. The van der Waals surface area contributed by atoms with Gasteiger partial charge in [0.15, 0.2) is 0 Å². The van der Waals surface area contributed by atoms with Gasteiger partial charge in [-0.25, -0.2) is 0 Å². The molecule has 0 saturated heterocycles. The number of hydrogen-bond acceptors (Lipinski definition) is 3. The van der Waals surface area contributed by atoms with Gasteiger partial charge in [0, 0.05) is 18.0 Å². The van der Waals surface area contributed by atoms with Crippen LogP contribution >= 0.6 is 11.6 Å². The summed E-state index contributed by atoms with van der Waals surface area (Å²) < 4.78 is 5.77. The molecule has 0 bridgehead atoms. The zero-order chi connectivity index (χ0) is 14.0. The van der Waals surface area contributed by atoms with Crippen molar-refractivity contribution in [2.24, 2.45) is 0 Å². The van der Waals surface area contributed by atoms with Gasteiger partial charge in [-0.3, -0.25) is 10.1 Å². The summed E-state index contributed by atoms with van der Waals surface area (Å²) >= 11 is 5.94. The Balaban J connectivity index is 1.96. The second kappa shape index (κ2) is 5.39. The molecule has 19 heavy (non-hydrogen) atoms. The number of hydrogen-bond donors (Lipinski definition) is 2. The van der Waals surface area contributed by atoms with E-state index in [4.69, 9.17) is 16.3 Å². The topological polar surface area (TPSA) is 58.6 Å². The zero-order valence-electron chi connectivity index (χ0n) is 11.1. The molecule has 0 fully saturated rings. The van der Waals surface area contributed by atoms with E-state index in [9.17, 15) is 9.90 Å². The van der Waals surface area contributed by atoms with Crippen molar-refractivity contribution in [3.05, 3.63) is 28.8 Å². The lowest BCUT2D eigenvalue weighted by Crippen LogP contribution is -2.51. The van der Waals surface area contributed by atoms with Crippen LogP contribution in [0.4, 0.5) is 0 Å². The molecule has 5 heteroatoms. The first kappa shape index (κ1) is 14.2. The average molecular weight is 284 g/mol. The molecule has 1 aromatic rings. The highest BCUT2D eigenvalue weighted by molar-refractivity contribution is 6.30. The van der Waals surface area contributed by atoms with E-state index in [1.54, 1.807) is 13.0 Å². The molecule has 0 spiro atoms. The van der Waals surface area contributed by atoms with Crippen LogP contribution < -0.4 is 10.1 Å². The Labute approximate surface area is 117 Å². The van der Waals surface area contributed by atoms with E-state index >= 15 is 0 Å². The maximum absolute atomic E-state index is 11.2. The van der Waals surface area contributed by atoms with Crippen molar-refractivity contribution in [1.29, 1.82) is 0 Å². The Kier molecular flexibility index (Phi) is 4.02. The van der Waals surface area contributed by atoms with Crippen LogP contribution in [0.25, 0.3) is 0 Å². The van der Waals surface area contributed by atoms with Crippen LogP contribution in [0.3, 0.4) is 0 Å². The molecule has 0 saturated carbocycles. The van der Waals surface area contributed by atoms with Gasteiger partial charge in [0.05, 0.1) is 0 Å². The molecule has 1 heterocycles. The minimum absolute atomic E-state index is 0.0429. The third kappa shape index (κ3) is 3.01. The largest absolute Gasteiger partial charge is 0.488 e. The summed E-state index contributed by atoms with van der Waals surface area (Å²) in [4.78, 5) is 11.2. The number of ether oxygens (including phenoxy) is 1. The molecule has 2 atom stereocenters. The van der Waals surface area contributed by atoms with Gasteiger partial charge >= 0.3 is 5.97 Å². The molecule has 1 aliphatic heterocycles. The number of fused-ring (bicyclic) bond motifs is 1. The van der Waals surface area contributed by atoms with E-state index in [2.05, 4.69) is 5.32 Å². The number of rotatable bonds is 5. The fraction of sp³-hybridized carbons (Fsp3) is 0.500. The highest BCUT2D eigenvalue weighted by Gasteiger charge is 2.32. The van der Waals surface area contributed by atoms with Crippen LogP contribution in [0.15, 0.2) is 18.2 Å². The van der Waals surface area contributed by atoms with Crippen LogP contribution in [-0.2, 0) is 11.2 Å². The van der Waals surface area contributed by atoms with Crippen molar-refractivity contribution >= 4 is 17.6 Å². The molecule has 0 aromatic heterocycles. The van der Waals surface area contributed by atoms with Crippen LogP contribution in [0.5, 0.6) is 5.75 Å². The van der Waals surface area contributed by atoms with Gasteiger partial charge in [-0.1, -0.05) is 18.5 Å². The lowest BCUT2D eigenvalue weighted by molar-refractivity contribution is -0.144. The summed E-state index contributed by atoms with van der Waals surface area (Å²) in [5, 5.41) is 13.0. The zero-order valence-corrected chi connectivity index (χ0v) is 11.8. The van der Waals surface area contributed by atoms with Gasteiger partial charge in [0.1, 0.15) is 17.4 Å². The average Bonchev–Trinajstić information content (AvgIpc) is 2.77. The first-order valence-electron chi connectivity index (χ1n) is 6.38. The number of carbonyl (C=O) groups is 1. The first-order valence-corrected chi connectivity index (χ1v) is 6.76. The van der Waals surface area contributed by atoms with Gasteiger partial charge in [0.25, 0.3) is 0 Å². The second-order valence-corrected chi connectivity index (χ2v) is 5.50. The number of benzene rings is 1. The van der Waals surface area contributed by atoms with Crippen LogP contribution in [0.2, 0.25) is 5.02 Å². The van der Waals surface area contributed by atoms with Crippen molar-refractivity contribution in [2.45, 2.75) is 38.3 Å². The monoisotopic (exact) mass is 283 g/mol. The minimum Gasteiger partial charge on any atom is -0.488 e. The Morgan fingerprint density at radius 1 is 1.63 bits per heavy atom. The van der Waals surface area contributed by atoms with E-state index < -0.39 is 11.5 Å². The third-order valence-electron chi connectivity index (χ3n) is 3.66. The summed E-state index contributed by atoms with van der Waals surface area (Å²) in [6, 6.07) is 5.55. The van der Waals surface area contributed by atoms with Crippen molar-refractivity contribution in [1.82, 2.24) is 5.32 Å². The standard InChI is InChI=1S/C14H18ClNO3/c1-3-14(2,13(17)18)16-8-11-7-9-6-10(15)4-5-12(9)19-11/h4-6,11,16H,3,7-8H2,1-2H3,(H,17,18). The predicted octanol–water partition coefficient (Wildman–Crippen LogP) is 2.49. The summed E-state index contributed by atoms with van der Waals surface area (Å²) in [6.45, 7) is 4.04. The van der Waals surface area contributed by atoms with E-state index in [0.717, 1.165) is 17.7 Å². The minimum atomic E-state index is -0.907. The molecule has 0 radical (unpaired) electrons. The van der Waals surface area contributed by atoms with Crippen LogP contribution in [0.1, 0.15) is 25.8 Å². The van der Waals surface area contributed by atoms with E-state index in [1.165, 1.54) is 0 Å². The number of halogens is 1. The summed E-state index contributed by atoms with van der Waals surface area (Å²) in [5.41, 5.74) is 0.170.